The van der Waals surface area contributed by atoms with Crippen molar-refractivity contribution in [1.29, 1.82) is 0 Å². The summed E-state index contributed by atoms with van der Waals surface area (Å²) in [6, 6.07) is 22.7. The molecule has 0 spiro atoms. The van der Waals surface area contributed by atoms with Crippen LogP contribution < -0.4 is 9.47 Å². The van der Waals surface area contributed by atoms with Gasteiger partial charge in [-0.3, -0.25) is 0 Å². The first-order valence-electron chi connectivity index (χ1n) is 8.63. The standard InChI is InChI=1S/C23H18O2.2ClH.Ru/c1-15-17-9-6-7-11-19(17)20(14-22(15)25-3)23-18-10-5-4-8-16(18)12-13-21(23)24-2;;;/h1,4-14H,2-3H3;2*1H;/q;;;+2/p-2. The molecule has 4 aromatic carbocycles. The van der Waals surface area contributed by atoms with Crippen molar-refractivity contribution in [2.24, 2.45) is 0 Å². The number of fused-ring (bicyclic) bond motifs is 2. The molecule has 0 atom stereocenters. The number of hydrogen-bond acceptors (Lipinski definition) is 2. The second-order valence-electron chi connectivity index (χ2n) is 6.26. The topological polar surface area (TPSA) is 18.5 Å². The maximum atomic E-state index is 6.20. The molecule has 0 aliphatic heterocycles. The fourth-order valence-corrected chi connectivity index (χ4v) is 5.44. The van der Waals surface area contributed by atoms with Crippen LogP contribution in [0.25, 0.3) is 32.7 Å². The van der Waals surface area contributed by atoms with Crippen molar-refractivity contribution in [1.82, 2.24) is 0 Å². The molecule has 0 amide bonds. The van der Waals surface area contributed by atoms with E-state index in [0.717, 1.165) is 49.7 Å². The summed E-state index contributed by atoms with van der Waals surface area (Å²) in [6.45, 7) is 0. The molecule has 5 heteroatoms. The molecule has 0 unspecified atom stereocenters. The molecule has 4 rings (SSSR count). The van der Waals surface area contributed by atoms with Gasteiger partial charge in [0.2, 0.25) is 0 Å². The average molecular weight is 498 g/mol. The Kier molecular flexibility index (Phi) is 5.69. The third-order valence-corrected chi connectivity index (χ3v) is 6.62. The molecular formula is C23H18Cl2O2Ru. The van der Waals surface area contributed by atoms with Crippen molar-refractivity contribution in [3.05, 3.63) is 72.3 Å². The quantitative estimate of drug-likeness (QED) is 0.290. The third kappa shape index (κ3) is 3.44. The predicted octanol–water partition coefficient (Wildman–Crippen LogP) is 6.75. The Hall–Kier alpha value is -1.93. The van der Waals surface area contributed by atoms with Crippen molar-refractivity contribution in [3.63, 3.8) is 0 Å². The Bertz CT molecular complexity index is 1210. The number of halogens is 2. The molecule has 28 heavy (non-hydrogen) atoms. The van der Waals surface area contributed by atoms with Crippen LogP contribution in [-0.2, 0) is 13.5 Å². The van der Waals surface area contributed by atoms with E-state index >= 15 is 0 Å². The molecule has 0 bridgehead atoms. The van der Waals surface area contributed by atoms with Crippen LogP contribution in [0.3, 0.4) is 0 Å². The summed E-state index contributed by atoms with van der Waals surface area (Å²) >= 11 is -2.02. The molecule has 0 radical (unpaired) electrons. The van der Waals surface area contributed by atoms with Crippen molar-refractivity contribution in [2.45, 2.75) is 0 Å². The van der Waals surface area contributed by atoms with Crippen LogP contribution in [0, 0.1) is 0 Å². The molecule has 4 aromatic rings. The van der Waals surface area contributed by atoms with E-state index in [0.29, 0.717) is 0 Å². The van der Waals surface area contributed by atoms with E-state index in [1.165, 1.54) is 0 Å². The molecular weight excluding hydrogens is 480 g/mol. The van der Waals surface area contributed by atoms with Gasteiger partial charge in [0, 0.05) is 0 Å². The summed E-state index contributed by atoms with van der Waals surface area (Å²) in [7, 11) is 15.8. The SMILES string of the molecule is COc1ccc2ccccc2c1-c1cc(OC)c([CH]=[Ru]([Cl])[Cl])c2ccccc12. The number of ether oxygens (including phenoxy) is 2. The minimum absolute atomic E-state index is 0.753. The Morgan fingerprint density at radius 3 is 2.07 bits per heavy atom. The Balaban J connectivity index is 2.18. The summed E-state index contributed by atoms with van der Waals surface area (Å²) in [6.07, 6.45) is 0. The summed E-state index contributed by atoms with van der Waals surface area (Å²) < 4.78 is 13.4. The van der Waals surface area contributed by atoms with Crippen LogP contribution in [0.4, 0.5) is 0 Å². The first-order chi connectivity index (χ1) is 13.6. The van der Waals surface area contributed by atoms with Gasteiger partial charge >= 0.3 is 178 Å². The number of rotatable bonds is 4. The van der Waals surface area contributed by atoms with Crippen molar-refractivity contribution < 1.29 is 23.0 Å². The van der Waals surface area contributed by atoms with E-state index in [1.807, 2.05) is 34.9 Å². The van der Waals surface area contributed by atoms with Crippen LogP contribution in [-0.4, -0.2) is 18.8 Å². The van der Waals surface area contributed by atoms with E-state index in [1.54, 1.807) is 14.2 Å². The van der Waals surface area contributed by atoms with Crippen LogP contribution >= 0.6 is 19.4 Å². The zero-order valence-corrected chi connectivity index (χ0v) is 18.6. The van der Waals surface area contributed by atoms with Gasteiger partial charge in [-0.1, -0.05) is 0 Å². The van der Waals surface area contributed by atoms with E-state index in [-0.39, 0.29) is 0 Å². The molecule has 0 aromatic heterocycles. The van der Waals surface area contributed by atoms with E-state index in [2.05, 4.69) is 36.4 Å². The minimum atomic E-state index is -2.02. The van der Waals surface area contributed by atoms with Gasteiger partial charge in [-0.05, 0) is 0 Å². The number of hydrogen-bond donors (Lipinski definition) is 0. The molecule has 0 saturated carbocycles. The summed E-state index contributed by atoms with van der Waals surface area (Å²) in [4.78, 5) is 0. The molecule has 0 aliphatic rings. The normalized spacial score (nSPS) is 11.5. The van der Waals surface area contributed by atoms with Gasteiger partial charge in [-0.2, -0.15) is 0 Å². The van der Waals surface area contributed by atoms with Gasteiger partial charge < -0.3 is 0 Å². The summed E-state index contributed by atoms with van der Waals surface area (Å²) in [5.74, 6) is 1.58. The summed E-state index contributed by atoms with van der Waals surface area (Å²) in [5.41, 5.74) is 3.05. The van der Waals surface area contributed by atoms with Crippen LogP contribution in [0.1, 0.15) is 5.56 Å². The monoisotopic (exact) mass is 498 g/mol. The fourth-order valence-electron chi connectivity index (χ4n) is 3.63. The van der Waals surface area contributed by atoms with Crippen molar-refractivity contribution in [3.8, 4) is 22.6 Å². The van der Waals surface area contributed by atoms with E-state index in [4.69, 9.17) is 28.9 Å². The Morgan fingerprint density at radius 2 is 1.39 bits per heavy atom. The maximum absolute atomic E-state index is 6.20. The molecule has 0 saturated heterocycles. The Labute approximate surface area is 177 Å². The van der Waals surface area contributed by atoms with Gasteiger partial charge in [-0.25, -0.2) is 0 Å². The van der Waals surface area contributed by atoms with Crippen molar-refractivity contribution >= 4 is 45.5 Å². The van der Waals surface area contributed by atoms with Crippen molar-refractivity contribution in [2.75, 3.05) is 14.2 Å². The molecule has 0 aliphatic carbocycles. The molecule has 2 nitrogen and oxygen atoms in total. The molecule has 0 heterocycles. The van der Waals surface area contributed by atoms with Gasteiger partial charge in [0.1, 0.15) is 0 Å². The summed E-state index contributed by atoms with van der Waals surface area (Å²) in [5, 5.41) is 4.46. The molecule has 0 fully saturated rings. The average Bonchev–Trinajstić information content (AvgIpc) is 2.73. The van der Waals surface area contributed by atoms with E-state index < -0.39 is 13.5 Å². The zero-order chi connectivity index (χ0) is 19.7. The van der Waals surface area contributed by atoms with Gasteiger partial charge in [0.05, 0.1) is 0 Å². The second-order valence-corrected chi connectivity index (χ2v) is 12.0. The number of benzene rings is 4. The fraction of sp³-hybridized carbons (Fsp3) is 0.0870. The Morgan fingerprint density at radius 1 is 0.750 bits per heavy atom. The molecule has 0 N–H and O–H groups in total. The predicted molar refractivity (Wildman–Crippen MR) is 117 cm³/mol. The van der Waals surface area contributed by atoms with Gasteiger partial charge in [-0.15, -0.1) is 0 Å². The first-order valence-corrected chi connectivity index (χ1v) is 14.1. The van der Waals surface area contributed by atoms with Gasteiger partial charge in [0.15, 0.2) is 0 Å². The first kappa shape index (κ1) is 19.4. The third-order valence-electron chi connectivity index (χ3n) is 4.83. The van der Waals surface area contributed by atoms with Crippen LogP contribution in [0.5, 0.6) is 11.5 Å². The second kappa shape index (κ2) is 8.21. The number of methoxy groups -OCH3 is 2. The molecule has 144 valence electrons. The van der Waals surface area contributed by atoms with E-state index in [9.17, 15) is 0 Å². The van der Waals surface area contributed by atoms with Crippen LogP contribution in [0.15, 0.2) is 66.7 Å². The zero-order valence-electron chi connectivity index (χ0n) is 15.4. The van der Waals surface area contributed by atoms with Crippen LogP contribution in [0.2, 0.25) is 0 Å². The van der Waals surface area contributed by atoms with Gasteiger partial charge in [0.25, 0.3) is 0 Å².